The average molecular weight is 325 g/mol. The van der Waals surface area contributed by atoms with Gasteiger partial charge in [0, 0.05) is 26.2 Å². The van der Waals surface area contributed by atoms with Gasteiger partial charge in [0.25, 0.3) is 5.91 Å². The molecule has 5 heteroatoms. The first-order valence-electron chi connectivity index (χ1n) is 8.49. The molecule has 0 N–H and O–H groups in total. The van der Waals surface area contributed by atoms with Gasteiger partial charge in [0.05, 0.1) is 0 Å². The molecule has 2 fully saturated rings. The standard InChI is InChI=1S/C17H25ClN2O2/c18-16-8-7-15(22-16)17(21)20-10-4-9-19(11-12-20)13-14-5-2-1-3-6-14/h7-8,14H,1-6,9-13H2. The van der Waals surface area contributed by atoms with Crippen molar-refractivity contribution in [2.45, 2.75) is 38.5 Å². The summed E-state index contributed by atoms with van der Waals surface area (Å²) in [5.74, 6) is 1.18. The maximum Gasteiger partial charge on any atom is 0.289 e. The predicted octanol–water partition coefficient (Wildman–Crippen LogP) is 3.66. The molecule has 122 valence electrons. The Kier molecular flexibility index (Phi) is 5.42. The van der Waals surface area contributed by atoms with Crippen LogP contribution in [0.25, 0.3) is 0 Å². The first-order valence-corrected chi connectivity index (χ1v) is 8.87. The zero-order valence-electron chi connectivity index (χ0n) is 13.1. The third-order valence-electron chi connectivity index (χ3n) is 4.90. The van der Waals surface area contributed by atoms with Gasteiger partial charge in [-0.1, -0.05) is 19.3 Å². The van der Waals surface area contributed by atoms with Gasteiger partial charge in [0.15, 0.2) is 11.0 Å². The SMILES string of the molecule is O=C(c1ccc(Cl)o1)N1CCCN(CC2CCCCC2)CC1. The second-order valence-electron chi connectivity index (χ2n) is 6.55. The Labute approximate surface area is 137 Å². The van der Waals surface area contributed by atoms with E-state index in [-0.39, 0.29) is 11.1 Å². The van der Waals surface area contributed by atoms with Crippen molar-refractivity contribution in [2.75, 3.05) is 32.7 Å². The fourth-order valence-electron chi connectivity index (χ4n) is 3.68. The average Bonchev–Trinajstić information content (AvgIpc) is 2.83. The lowest BCUT2D eigenvalue weighted by Crippen LogP contribution is -2.36. The first kappa shape index (κ1) is 15.9. The second-order valence-corrected chi connectivity index (χ2v) is 6.93. The Morgan fingerprint density at radius 1 is 1.09 bits per heavy atom. The molecule has 0 unspecified atom stereocenters. The molecule has 22 heavy (non-hydrogen) atoms. The summed E-state index contributed by atoms with van der Waals surface area (Å²) in [7, 11) is 0. The predicted molar refractivity (Wildman–Crippen MR) is 87.3 cm³/mol. The molecule has 0 atom stereocenters. The molecule has 1 saturated heterocycles. The van der Waals surface area contributed by atoms with Crippen LogP contribution < -0.4 is 0 Å². The van der Waals surface area contributed by atoms with Crippen molar-refractivity contribution in [1.29, 1.82) is 0 Å². The first-order chi connectivity index (χ1) is 10.7. The minimum absolute atomic E-state index is 0.0357. The minimum atomic E-state index is -0.0357. The molecule has 0 bridgehead atoms. The molecule has 1 saturated carbocycles. The lowest BCUT2D eigenvalue weighted by Gasteiger charge is -2.28. The maximum absolute atomic E-state index is 12.4. The smallest absolute Gasteiger partial charge is 0.289 e. The molecule has 4 nitrogen and oxygen atoms in total. The maximum atomic E-state index is 12.4. The molecule has 1 aromatic heterocycles. The molecule has 1 amide bonds. The van der Waals surface area contributed by atoms with E-state index in [0.717, 1.165) is 38.5 Å². The van der Waals surface area contributed by atoms with Crippen LogP contribution in [-0.2, 0) is 0 Å². The molecular formula is C17H25ClN2O2. The highest BCUT2D eigenvalue weighted by molar-refractivity contribution is 6.29. The number of hydrogen-bond donors (Lipinski definition) is 0. The Morgan fingerprint density at radius 2 is 1.91 bits per heavy atom. The topological polar surface area (TPSA) is 36.7 Å². The Morgan fingerprint density at radius 3 is 2.64 bits per heavy atom. The number of nitrogens with zero attached hydrogens (tertiary/aromatic N) is 2. The van der Waals surface area contributed by atoms with Gasteiger partial charge < -0.3 is 14.2 Å². The second kappa shape index (κ2) is 7.51. The van der Waals surface area contributed by atoms with Gasteiger partial charge >= 0.3 is 0 Å². The lowest BCUT2D eigenvalue weighted by molar-refractivity contribution is 0.0728. The van der Waals surface area contributed by atoms with Gasteiger partial charge in [-0.15, -0.1) is 0 Å². The summed E-state index contributed by atoms with van der Waals surface area (Å²) in [6.45, 7) is 4.85. The van der Waals surface area contributed by atoms with Crippen molar-refractivity contribution in [3.8, 4) is 0 Å². The van der Waals surface area contributed by atoms with Gasteiger partial charge in [-0.25, -0.2) is 0 Å². The fourth-order valence-corrected chi connectivity index (χ4v) is 3.82. The summed E-state index contributed by atoms with van der Waals surface area (Å²) in [6.07, 6.45) is 7.98. The molecule has 0 aromatic carbocycles. The number of carbonyl (C=O) groups is 1. The van der Waals surface area contributed by atoms with E-state index < -0.39 is 0 Å². The Hall–Kier alpha value is -1.00. The summed E-state index contributed by atoms with van der Waals surface area (Å²) < 4.78 is 5.25. The highest BCUT2D eigenvalue weighted by Crippen LogP contribution is 2.25. The number of hydrogen-bond acceptors (Lipinski definition) is 3. The molecule has 2 heterocycles. The fraction of sp³-hybridized carbons (Fsp3) is 0.706. The quantitative estimate of drug-likeness (QED) is 0.851. The zero-order chi connectivity index (χ0) is 15.4. The van der Waals surface area contributed by atoms with Crippen molar-refractivity contribution >= 4 is 17.5 Å². The van der Waals surface area contributed by atoms with E-state index in [1.165, 1.54) is 38.6 Å². The van der Waals surface area contributed by atoms with E-state index >= 15 is 0 Å². The van der Waals surface area contributed by atoms with Crippen LogP contribution in [0, 0.1) is 5.92 Å². The molecular weight excluding hydrogens is 300 g/mol. The van der Waals surface area contributed by atoms with E-state index in [0.29, 0.717) is 5.76 Å². The number of furan rings is 1. The Balaban J connectivity index is 1.52. The molecule has 1 aliphatic carbocycles. The molecule has 0 radical (unpaired) electrons. The van der Waals surface area contributed by atoms with E-state index in [4.69, 9.17) is 16.0 Å². The highest BCUT2D eigenvalue weighted by Gasteiger charge is 2.24. The van der Waals surface area contributed by atoms with Gasteiger partial charge in [-0.05, 0) is 55.5 Å². The van der Waals surface area contributed by atoms with Crippen LogP contribution in [-0.4, -0.2) is 48.4 Å². The minimum Gasteiger partial charge on any atom is -0.440 e. The van der Waals surface area contributed by atoms with Gasteiger partial charge in [0.2, 0.25) is 0 Å². The monoisotopic (exact) mass is 324 g/mol. The van der Waals surface area contributed by atoms with Crippen LogP contribution in [0.2, 0.25) is 5.22 Å². The van der Waals surface area contributed by atoms with E-state index in [9.17, 15) is 4.79 Å². The molecule has 0 spiro atoms. The molecule has 1 aliphatic heterocycles. The Bertz CT molecular complexity index is 497. The van der Waals surface area contributed by atoms with Crippen LogP contribution in [0.15, 0.2) is 16.5 Å². The number of carbonyl (C=O) groups excluding carboxylic acids is 1. The van der Waals surface area contributed by atoms with Crippen molar-refractivity contribution in [3.63, 3.8) is 0 Å². The molecule has 1 aromatic rings. The van der Waals surface area contributed by atoms with Gasteiger partial charge in [-0.2, -0.15) is 0 Å². The van der Waals surface area contributed by atoms with Crippen molar-refractivity contribution in [3.05, 3.63) is 23.1 Å². The molecule has 2 aliphatic rings. The van der Waals surface area contributed by atoms with Crippen molar-refractivity contribution < 1.29 is 9.21 Å². The van der Waals surface area contributed by atoms with E-state index in [1.807, 2.05) is 4.90 Å². The van der Waals surface area contributed by atoms with Crippen LogP contribution in [0.3, 0.4) is 0 Å². The van der Waals surface area contributed by atoms with E-state index in [2.05, 4.69) is 4.90 Å². The summed E-state index contributed by atoms with van der Waals surface area (Å²) in [4.78, 5) is 16.9. The summed E-state index contributed by atoms with van der Waals surface area (Å²) in [6, 6.07) is 3.29. The third-order valence-corrected chi connectivity index (χ3v) is 5.10. The van der Waals surface area contributed by atoms with E-state index in [1.54, 1.807) is 12.1 Å². The van der Waals surface area contributed by atoms with Crippen LogP contribution in [0.5, 0.6) is 0 Å². The van der Waals surface area contributed by atoms with Crippen LogP contribution >= 0.6 is 11.6 Å². The van der Waals surface area contributed by atoms with Gasteiger partial charge in [0.1, 0.15) is 0 Å². The normalized spacial score (nSPS) is 21.8. The summed E-state index contributed by atoms with van der Waals surface area (Å²) in [5, 5.41) is 0.275. The molecule has 3 rings (SSSR count). The lowest BCUT2D eigenvalue weighted by atomic mass is 9.89. The summed E-state index contributed by atoms with van der Waals surface area (Å²) >= 11 is 5.76. The highest BCUT2D eigenvalue weighted by atomic mass is 35.5. The number of amides is 1. The number of halogens is 1. The van der Waals surface area contributed by atoms with Crippen LogP contribution in [0.1, 0.15) is 49.1 Å². The van der Waals surface area contributed by atoms with Crippen molar-refractivity contribution in [2.24, 2.45) is 5.92 Å². The third kappa shape index (κ3) is 4.05. The zero-order valence-corrected chi connectivity index (χ0v) is 13.9. The largest absolute Gasteiger partial charge is 0.440 e. The van der Waals surface area contributed by atoms with Crippen LogP contribution in [0.4, 0.5) is 0 Å². The van der Waals surface area contributed by atoms with Gasteiger partial charge in [-0.3, -0.25) is 4.79 Å². The number of rotatable bonds is 3. The summed E-state index contributed by atoms with van der Waals surface area (Å²) in [5.41, 5.74) is 0. The van der Waals surface area contributed by atoms with Crippen molar-refractivity contribution in [1.82, 2.24) is 9.80 Å².